The summed E-state index contributed by atoms with van der Waals surface area (Å²) < 4.78 is 1.73. The van der Waals surface area contributed by atoms with Gasteiger partial charge in [-0.1, -0.05) is 18.0 Å². The highest BCUT2D eigenvalue weighted by Gasteiger charge is 2.37. The van der Waals surface area contributed by atoms with Crippen LogP contribution in [0.25, 0.3) is 5.69 Å². The van der Waals surface area contributed by atoms with E-state index in [-0.39, 0.29) is 5.91 Å². The number of carbonyl (C=O) groups excluding carboxylic acids is 1. The molecular weight excluding hydrogens is 310 g/mol. The van der Waals surface area contributed by atoms with Crippen molar-refractivity contribution in [1.29, 1.82) is 0 Å². The molecule has 1 aliphatic heterocycles. The number of rotatable bonds is 3. The van der Waals surface area contributed by atoms with Crippen molar-refractivity contribution in [2.24, 2.45) is 5.92 Å². The molecule has 4 nitrogen and oxygen atoms in total. The largest absolute Gasteiger partial charge is 0.335 e. The van der Waals surface area contributed by atoms with Crippen LogP contribution >= 0.6 is 11.6 Å². The van der Waals surface area contributed by atoms with Crippen LogP contribution in [-0.4, -0.2) is 33.2 Å². The van der Waals surface area contributed by atoms with Crippen molar-refractivity contribution < 1.29 is 4.79 Å². The molecule has 0 radical (unpaired) electrons. The monoisotopic (exact) mass is 329 g/mol. The Morgan fingerprint density at radius 1 is 1.13 bits per heavy atom. The van der Waals surface area contributed by atoms with Gasteiger partial charge in [-0.2, -0.15) is 5.10 Å². The van der Waals surface area contributed by atoms with Crippen LogP contribution < -0.4 is 0 Å². The van der Waals surface area contributed by atoms with Gasteiger partial charge in [0.2, 0.25) is 0 Å². The normalized spacial score (nSPS) is 21.4. The van der Waals surface area contributed by atoms with Crippen LogP contribution in [0.3, 0.4) is 0 Å². The van der Waals surface area contributed by atoms with Crippen molar-refractivity contribution in [3.8, 4) is 5.69 Å². The minimum atomic E-state index is 0.125. The molecule has 2 aliphatic rings. The number of nitrogens with zero attached hydrogens (tertiary/aromatic N) is 3. The fourth-order valence-corrected chi connectivity index (χ4v) is 3.82. The Balaban J connectivity index is 1.53. The maximum Gasteiger partial charge on any atom is 0.257 e. The zero-order chi connectivity index (χ0) is 15.8. The average Bonchev–Trinajstić information content (AvgIpc) is 3.15. The highest BCUT2D eigenvalue weighted by molar-refractivity contribution is 6.30. The molecule has 1 aromatic carbocycles. The molecule has 23 heavy (non-hydrogen) atoms. The minimum absolute atomic E-state index is 0.125. The van der Waals surface area contributed by atoms with E-state index in [0.717, 1.165) is 25.1 Å². The van der Waals surface area contributed by atoms with Crippen LogP contribution in [0.4, 0.5) is 0 Å². The van der Waals surface area contributed by atoms with E-state index in [1.54, 1.807) is 10.9 Å². The third-order valence-electron chi connectivity index (χ3n) is 5.17. The van der Waals surface area contributed by atoms with Crippen molar-refractivity contribution in [2.75, 3.05) is 6.54 Å². The Hall–Kier alpha value is -1.81. The molecule has 1 saturated heterocycles. The number of amides is 1. The zero-order valence-corrected chi connectivity index (χ0v) is 13.7. The number of likely N-dealkylation sites (tertiary alicyclic amines) is 1. The zero-order valence-electron chi connectivity index (χ0n) is 13.0. The highest BCUT2D eigenvalue weighted by Crippen LogP contribution is 2.37. The topological polar surface area (TPSA) is 38.1 Å². The summed E-state index contributed by atoms with van der Waals surface area (Å²) in [6.45, 7) is 0.881. The number of carbonyl (C=O) groups is 1. The van der Waals surface area contributed by atoms with Crippen LogP contribution in [0.1, 0.15) is 42.5 Å². The Kier molecular flexibility index (Phi) is 3.85. The molecule has 1 aliphatic carbocycles. The van der Waals surface area contributed by atoms with E-state index in [9.17, 15) is 4.79 Å². The van der Waals surface area contributed by atoms with Crippen LogP contribution in [0, 0.1) is 5.92 Å². The molecular formula is C18H20ClN3O. The van der Waals surface area contributed by atoms with Gasteiger partial charge >= 0.3 is 0 Å². The van der Waals surface area contributed by atoms with Crippen LogP contribution in [0.5, 0.6) is 0 Å². The van der Waals surface area contributed by atoms with Gasteiger partial charge in [0.1, 0.15) is 0 Å². The van der Waals surface area contributed by atoms with E-state index in [0.29, 0.717) is 22.5 Å². The lowest BCUT2D eigenvalue weighted by Crippen LogP contribution is -2.42. The number of benzene rings is 1. The Bertz CT molecular complexity index is 705. The fraction of sp³-hybridized carbons (Fsp3) is 0.444. The maximum atomic E-state index is 12.9. The molecule has 1 atom stereocenters. The number of hydrogen-bond acceptors (Lipinski definition) is 2. The third kappa shape index (κ3) is 2.76. The second kappa shape index (κ2) is 6.00. The first-order valence-electron chi connectivity index (χ1n) is 8.34. The summed E-state index contributed by atoms with van der Waals surface area (Å²) in [6.07, 6.45) is 9.64. The van der Waals surface area contributed by atoms with Gasteiger partial charge in [-0.25, -0.2) is 4.68 Å². The molecule has 4 rings (SSSR count). The smallest absolute Gasteiger partial charge is 0.257 e. The molecule has 0 spiro atoms. The van der Waals surface area contributed by atoms with Gasteiger partial charge in [0.15, 0.2) is 0 Å². The summed E-state index contributed by atoms with van der Waals surface area (Å²) in [4.78, 5) is 14.9. The Morgan fingerprint density at radius 2 is 1.91 bits per heavy atom. The maximum absolute atomic E-state index is 12.9. The summed E-state index contributed by atoms with van der Waals surface area (Å²) in [5.41, 5.74) is 1.58. The van der Waals surface area contributed by atoms with Gasteiger partial charge in [-0.3, -0.25) is 4.79 Å². The standard InChI is InChI=1S/C18H20ClN3O/c19-15-6-8-16(9-7-15)22-12-14(11-20-22)18(23)21-10-2-5-17(21)13-3-1-4-13/h6-9,11-13,17H,1-5,10H2/t17-/m1/s1. The first kappa shape index (κ1) is 14.8. The van der Waals surface area contributed by atoms with Gasteiger partial charge in [0.25, 0.3) is 5.91 Å². The second-order valence-electron chi connectivity index (χ2n) is 6.55. The lowest BCUT2D eigenvalue weighted by Gasteiger charge is -2.36. The van der Waals surface area contributed by atoms with Crippen LogP contribution in [-0.2, 0) is 0 Å². The summed E-state index contributed by atoms with van der Waals surface area (Å²) in [6, 6.07) is 7.89. The third-order valence-corrected chi connectivity index (χ3v) is 5.43. The van der Waals surface area contributed by atoms with Gasteiger partial charge in [-0.15, -0.1) is 0 Å². The molecule has 5 heteroatoms. The summed E-state index contributed by atoms with van der Waals surface area (Å²) in [7, 11) is 0. The molecule has 1 aromatic heterocycles. The van der Waals surface area contributed by atoms with Crippen LogP contribution in [0.15, 0.2) is 36.7 Å². The van der Waals surface area contributed by atoms with E-state index >= 15 is 0 Å². The molecule has 0 unspecified atom stereocenters. The van der Waals surface area contributed by atoms with Gasteiger partial charge < -0.3 is 4.90 Å². The molecule has 0 bridgehead atoms. The quantitative estimate of drug-likeness (QED) is 0.855. The van der Waals surface area contributed by atoms with Gasteiger partial charge in [0.05, 0.1) is 17.4 Å². The first-order valence-corrected chi connectivity index (χ1v) is 8.72. The molecule has 2 fully saturated rings. The van der Waals surface area contributed by atoms with Crippen LogP contribution in [0.2, 0.25) is 5.02 Å². The Labute approximate surface area is 141 Å². The SMILES string of the molecule is O=C(c1cnn(-c2ccc(Cl)cc2)c1)N1CCC[C@@H]1C1CCC1. The summed E-state index contributed by atoms with van der Waals surface area (Å²) in [5, 5.41) is 5.03. The predicted molar refractivity (Wildman–Crippen MR) is 90.0 cm³/mol. The highest BCUT2D eigenvalue weighted by atomic mass is 35.5. The summed E-state index contributed by atoms with van der Waals surface area (Å²) in [5.74, 6) is 0.840. The first-order chi connectivity index (χ1) is 11.2. The lowest BCUT2D eigenvalue weighted by molar-refractivity contribution is 0.0626. The van der Waals surface area contributed by atoms with E-state index < -0.39 is 0 Å². The molecule has 2 aromatic rings. The molecule has 2 heterocycles. The molecule has 0 N–H and O–H groups in total. The Morgan fingerprint density at radius 3 is 2.61 bits per heavy atom. The lowest BCUT2D eigenvalue weighted by atomic mass is 9.79. The van der Waals surface area contributed by atoms with E-state index in [1.165, 1.54) is 19.3 Å². The van der Waals surface area contributed by atoms with Crippen molar-refractivity contribution >= 4 is 17.5 Å². The van der Waals surface area contributed by atoms with Crippen molar-refractivity contribution in [3.63, 3.8) is 0 Å². The van der Waals surface area contributed by atoms with Crippen molar-refractivity contribution in [3.05, 3.63) is 47.2 Å². The summed E-state index contributed by atoms with van der Waals surface area (Å²) >= 11 is 5.92. The minimum Gasteiger partial charge on any atom is -0.335 e. The van der Waals surface area contributed by atoms with Gasteiger partial charge in [-0.05, 0) is 55.9 Å². The average molecular weight is 330 g/mol. The van der Waals surface area contributed by atoms with E-state index in [4.69, 9.17) is 11.6 Å². The molecule has 120 valence electrons. The van der Waals surface area contributed by atoms with E-state index in [1.807, 2.05) is 30.5 Å². The van der Waals surface area contributed by atoms with Crippen molar-refractivity contribution in [1.82, 2.24) is 14.7 Å². The molecule has 1 saturated carbocycles. The molecule has 1 amide bonds. The number of hydrogen-bond donors (Lipinski definition) is 0. The number of halogens is 1. The van der Waals surface area contributed by atoms with Gasteiger partial charge in [0, 0.05) is 23.8 Å². The fourth-order valence-electron chi connectivity index (χ4n) is 3.69. The number of aromatic nitrogens is 2. The predicted octanol–water partition coefficient (Wildman–Crippen LogP) is 3.93. The van der Waals surface area contributed by atoms with Crippen molar-refractivity contribution in [2.45, 2.75) is 38.1 Å². The van der Waals surface area contributed by atoms with E-state index in [2.05, 4.69) is 10.00 Å². The second-order valence-corrected chi connectivity index (χ2v) is 6.99.